The lowest BCUT2D eigenvalue weighted by molar-refractivity contribution is 0.0312. The van der Waals surface area contributed by atoms with Gasteiger partial charge in [0.25, 0.3) is 0 Å². The Morgan fingerprint density at radius 1 is 1.36 bits per heavy atom. The van der Waals surface area contributed by atoms with E-state index in [2.05, 4.69) is 0 Å². The molecule has 1 unspecified atom stereocenters. The predicted octanol–water partition coefficient (Wildman–Crippen LogP) is -1.07. The molecule has 5 nitrogen and oxygen atoms in total. The Labute approximate surface area is 85.2 Å². The molecule has 0 bridgehead atoms. The van der Waals surface area contributed by atoms with E-state index < -0.39 is 6.10 Å². The van der Waals surface area contributed by atoms with Crippen LogP contribution in [0.15, 0.2) is 0 Å². The molecule has 0 aliphatic carbocycles. The Hall–Kier alpha value is -0.200. The third-order valence-corrected chi connectivity index (χ3v) is 1.73. The second-order valence-electron chi connectivity index (χ2n) is 3.21. The summed E-state index contributed by atoms with van der Waals surface area (Å²) >= 11 is 0. The summed E-state index contributed by atoms with van der Waals surface area (Å²) in [5, 5.41) is 17.8. The second-order valence-corrected chi connectivity index (χ2v) is 3.21. The van der Waals surface area contributed by atoms with E-state index in [0.717, 1.165) is 6.54 Å². The van der Waals surface area contributed by atoms with Gasteiger partial charge in [-0.15, -0.1) is 0 Å². The van der Waals surface area contributed by atoms with Crippen LogP contribution in [0, 0.1) is 0 Å². The molecule has 0 aliphatic heterocycles. The van der Waals surface area contributed by atoms with E-state index >= 15 is 0 Å². The van der Waals surface area contributed by atoms with Crippen LogP contribution in [0.25, 0.3) is 0 Å². The lowest BCUT2D eigenvalue weighted by atomic mass is 10.3. The van der Waals surface area contributed by atoms with Crippen LogP contribution in [0.2, 0.25) is 0 Å². The molecule has 5 heteroatoms. The van der Waals surface area contributed by atoms with E-state index in [-0.39, 0.29) is 6.61 Å². The number of methoxy groups -OCH3 is 1. The van der Waals surface area contributed by atoms with Gasteiger partial charge in [0.1, 0.15) is 0 Å². The fourth-order valence-corrected chi connectivity index (χ4v) is 1.08. The minimum Gasteiger partial charge on any atom is -0.394 e. The number of aliphatic hydroxyl groups is 2. The Bertz CT molecular complexity index is 123. The van der Waals surface area contributed by atoms with E-state index in [9.17, 15) is 5.11 Å². The van der Waals surface area contributed by atoms with Gasteiger partial charge in [0.05, 0.1) is 32.5 Å². The molecule has 0 radical (unpaired) electrons. The quantitative estimate of drug-likeness (QED) is 0.472. The van der Waals surface area contributed by atoms with Crippen molar-refractivity contribution in [2.24, 2.45) is 0 Å². The van der Waals surface area contributed by atoms with Crippen molar-refractivity contribution in [3.63, 3.8) is 0 Å². The zero-order chi connectivity index (χ0) is 10.8. The van der Waals surface area contributed by atoms with E-state index in [1.807, 2.05) is 11.9 Å². The van der Waals surface area contributed by atoms with Crippen molar-refractivity contribution in [1.82, 2.24) is 4.90 Å². The van der Waals surface area contributed by atoms with E-state index in [4.69, 9.17) is 14.6 Å². The summed E-state index contributed by atoms with van der Waals surface area (Å²) < 4.78 is 9.90. The maximum Gasteiger partial charge on any atom is 0.0899 e. The number of hydrogen-bond acceptors (Lipinski definition) is 5. The van der Waals surface area contributed by atoms with Crippen molar-refractivity contribution in [1.29, 1.82) is 0 Å². The normalized spacial score (nSPS) is 13.5. The highest BCUT2D eigenvalue weighted by Gasteiger charge is 2.06. The van der Waals surface area contributed by atoms with Gasteiger partial charge >= 0.3 is 0 Å². The average molecular weight is 207 g/mol. The van der Waals surface area contributed by atoms with Crippen molar-refractivity contribution in [3.05, 3.63) is 0 Å². The molecule has 0 saturated carbocycles. The molecule has 0 aromatic rings. The molecule has 0 aromatic heterocycles. The van der Waals surface area contributed by atoms with Crippen molar-refractivity contribution in [2.45, 2.75) is 6.10 Å². The number of hydrogen-bond donors (Lipinski definition) is 2. The average Bonchev–Trinajstić information content (AvgIpc) is 2.13. The van der Waals surface area contributed by atoms with Gasteiger partial charge in [-0.1, -0.05) is 0 Å². The smallest absolute Gasteiger partial charge is 0.0899 e. The second kappa shape index (κ2) is 9.36. The first kappa shape index (κ1) is 13.8. The Morgan fingerprint density at radius 3 is 2.64 bits per heavy atom. The molecule has 0 aliphatic rings. The van der Waals surface area contributed by atoms with Crippen molar-refractivity contribution < 1.29 is 19.7 Å². The molecule has 0 aromatic carbocycles. The SMILES string of the molecule is COCC(O)CN(C)CCOCCO. The Balaban J connectivity index is 3.30. The van der Waals surface area contributed by atoms with Crippen LogP contribution in [0.4, 0.5) is 0 Å². The number of aliphatic hydroxyl groups excluding tert-OH is 2. The Kier molecular flexibility index (Phi) is 9.23. The highest BCUT2D eigenvalue weighted by molar-refractivity contribution is 4.59. The summed E-state index contributed by atoms with van der Waals surface area (Å²) in [5.74, 6) is 0. The van der Waals surface area contributed by atoms with E-state index in [1.165, 1.54) is 0 Å². The molecule has 86 valence electrons. The lowest BCUT2D eigenvalue weighted by Crippen LogP contribution is -2.34. The van der Waals surface area contributed by atoms with Gasteiger partial charge in [0.2, 0.25) is 0 Å². The largest absolute Gasteiger partial charge is 0.394 e. The minimum absolute atomic E-state index is 0.0516. The van der Waals surface area contributed by atoms with Crippen molar-refractivity contribution >= 4 is 0 Å². The summed E-state index contributed by atoms with van der Waals surface area (Å²) in [5.41, 5.74) is 0. The Morgan fingerprint density at radius 2 is 2.07 bits per heavy atom. The van der Waals surface area contributed by atoms with Gasteiger partial charge in [-0.05, 0) is 7.05 Å². The molecule has 0 amide bonds. The first-order valence-electron chi connectivity index (χ1n) is 4.74. The molecule has 0 spiro atoms. The van der Waals surface area contributed by atoms with Crippen LogP contribution >= 0.6 is 0 Å². The molecule has 14 heavy (non-hydrogen) atoms. The standard InChI is InChI=1S/C9H21NO4/c1-10(3-5-14-6-4-11)7-9(12)8-13-2/h9,11-12H,3-8H2,1-2H3. The summed E-state index contributed by atoms with van der Waals surface area (Å²) in [4.78, 5) is 1.96. The molecule has 0 fully saturated rings. The fourth-order valence-electron chi connectivity index (χ4n) is 1.08. The van der Waals surface area contributed by atoms with Crippen LogP contribution in [-0.4, -0.2) is 74.9 Å². The molecular formula is C9H21NO4. The number of nitrogens with zero attached hydrogens (tertiary/aromatic N) is 1. The fraction of sp³-hybridized carbons (Fsp3) is 1.00. The summed E-state index contributed by atoms with van der Waals surface area (Å²) in [6.45, 7) is 2.64. The summed E-state index contributed by atoms with van der Waals surface area (Å²) in [6, 6.07) is 0. The molecule has 0 rings (SSSR count). The first-order valence-corrected chi connectivity index (χ1v) is 4.74. The molecular weight excluding hydrogens is 186 g/mol. The number of ether oxygens (including phenoxy) is 2. The highest BCUT2D eigenvalue weighted by atomic mass is 16.5. The van der Waals surface area contributed by atoms with E-state index in [1.54, 1.807) is 7.11 Å². The molecule has 0 heterocycles. The van der Waals surface area contributed by atoms with Crippen LogP contribution in [0.5, 0.6) is 0 Å². The van der Waals surface area contributed by atoms with Gasteiger partial charge in [-0.25, -0.2) is 0 Å². The first-order chi connectivity index (χ1) is 6.70. The van der Waals surface area contributed by atoms with Crippen LogP contribution in [0.3, 0.4) is 0 Å². The maximum atomic E-state index is 9.37. The predicted molar refractivity (Wildman–Crippen MR) is 53.3 cm³/mol. The lowest BCUT2D eigenvalue weighted by Gasteiger charge is -2.19. The minimum atomic E-state index is -0.456. The van der Waals surface area contributed by atoms with Crippen LogP contribution in [0.1, 0.15) is 0 Å². The van der Waals surface area contributed by atoms with Crippen LogP contribution < -0.4 is 0 Å². The summed E-state index contributed by atoms with van der Waals surface area (Å²) in [7, 11) is 3.47. The van der Waals surface area contributed by atoms with E-state index in [0.29, 0.717) is 26.4 Å². The van der Waals surface area contributed by atoms with Crippen molar-refractivity contribution in [3.8, 4) is 0 Å². The van der Waals surface area contributed by atoms with Crippen molar-refractivity contribution in [2.75, 3.05) is 53.7 Å². The van der Waals surface area contributed by atoms with Gasteiger partial charge in [0.15, 0.2) is 0 Å². The molecule has 1 atom stereocenters. The topological polar surface area (TPSA) is 62.2 Å². The number of rotatable bonds is 9. The van der Waals surface area contributed by atoms with Crippen LogP contribution in [-0.2, 0) is 9.47 Å². The molecule has 0 saturated heterocycles. The van der Waals surface area contributed by atoms with Gasteiger partial charge in [0, 0.05) is 20.2 Å². The zero-order valence-corrected chi connectivity index (χ0v) is 8.98. The molecule has 2 N–H and O–H groups in total. The van der Waals surface area contributed by atoms with Gasteiger partial charge in [-0.2, -0.15) is 0 Å². The summed E-state index contributed by atoms with van der Waals surface area (Å²) in [6.07, 6.45) is -0.456. The monoisotopic (exact) mass is 207 g/mol. The third kappa shape index (κ3) is 8.40. The third-order valence-electron chi connectivity index (χ3n) is 1.73. The van der Waals surface area contributed by atoms with Gasteiger partial charge < -0.3 is 24.6 Å². The maximum absolute atomic E-state index is 9.37. The highest BCUT2D eigenvalue weighted by Crippen LogP contribution is 1.90. The number of likely N-dealkylation sites (N-methyl/N-ethyl adjacent to an activating group) is 1. The zero-order valence-electron chi connectivity index (χ0n) is 8.98. The van der Waals surface area contributed by atoms with Gasteiger partial charge in [-0.3, -0.25) is 0 Å².